The summed E-state index contributed by atoms with van der Waals surface area (Å²) in [5.41, 5.74) is -9.09. The molecule has 7 saturated heterocycles. The molecule has 8 rings (SSSR count). The van der Waals surface area contributed by atoms with Gasteiger partial charge >= 0.3 is 35.1 Å². The molecule has 0 spiro atoms. The summed E-state index contributed by atoms with van der Waals surface area (Å²) in [7, 11) is 12.1. The summed E-state index contributed by atoms with van der Waals surface area (Å²) in [6.45, 7) is 39.1. The van der Waals surface area contributed by atoms with Crippen LogP contribution in [0.1, 0.15) is 221 Å². The van der Waals surface area contributed by atoms with Gasteiger partial charge in [-0.1, -0.05) is 73.6 Å². The van der Waals surface area contributed by atoms with Crippen LogP contribution >= 0.6 is 12.2 Å². The van der Waals surface area contributed by atoms with E-state index in [1.165, 1.54) is 46.8 Å². The number of hydrogen-bond donors (Lipinski definition) is 4. The van der Waals surface area contributed by atoms with Gasteiger partial charge in [0.25, 0.3) is 18.9 Å². The molecule has 7 aliphatic rings. The Hall–Kier alpha value is -5.97. The van der Waals surface area contributed by atoms with Gasteiger partial charge in [-0.15, -0.1) is 0 Å². The van der Waals surface area contributed by atoms with Crippen molar-refractivity contribution in [1.29, 1.82) is 0 Å². The molecular weight excluding hydrogens is 1660 g/mol. The fourth-order valence-corrected chi connectivity index (χ4v) is 21.3. The van der Waals surface area contributed by atoms with Crippen LogP contribution in [0.5, 0.6) is 0 Å². The number of rotatable bonds is 23. The highest BCUT2D eigenvalue weighted by molar-refractivity contribution is 7.79. The van der Waals surface area contributed by atoms with Crippen LogP contribution in [0.2, 0.25) is 0 Å². The van der Waals surface area contributed by atoms with Crippen molar-refractivity contribution in [1.82, 2.24) is 14.7 Å². The molecule has 1 amide bonds. The van der Waals surface area contributed by atoms with Crippen molar-refractivity contribution in [3.63, 3.8) is 0 Å². The lowest BCUT2D eigenvalue weighted by atomic mass is 9.72. The molecule has 1 aromatic rings. The topological polar surface area (TPSA) is 403 Å². The van der Waals surface area contributed by atoms with Gasteiger partial charge < -0.3 is 125 Å². The average molecular weight is 1810 g/mol. The highest BCUT2D eigenvalue weighted by atomic mass is 32.1. The smallest absolute Gasteiger partial charge is 0.352 e. The van der Waals surface area contributed by atoms with E-state index in [9.17, 15) is 58.8 Å². The van der Waals surface area contributed by atoms with Crippen molar-refractivity contribution in [2.24, 2.45) is 47.3 Å². The van der Waals surface area contributed by atoms with Gasteiger partial charge in [-0.2, -0.15) is 0 Å². The molecule has 7 fully saturated rings. The molecular formula is C91H149N3O31S. The zero-order valence-corrected chi connectivity index (χ0v) is 80.6. The number of likely N-dealkylation sites (N-methyl/N-ethyl adjacent to an activating group) is 2. The van der Waals surface area contributed by atoms with Crippen molar-refractivity contribution >= 4 is 66.2 Å². The molecule has 2 bridgehead atoms. The van der Waals surface area contributed by atoms with Gasteiger partial charge in [-0.25, -0.2) is 0 Å². The molecule has 34 nitrogen and oxygen atoms in total. The van der Waals surface area contributed by atoms with E-state index in [0.29, 0.717) is 24.9 Å². The minimum Gasteiger partial charge on any atom is -0.461 e. The molecule has 126 heavy (non-hydrogen) atoms. The van der Waals surface area contributed by atoms with Gasteiger partial charge in [0.1, 0.15) is 52.9 Å². The number of methoxy groups -OCH3 is 2. The molecule has 720 valence electrons. The lowest BCUT2D eigenvalue weighted by Crippen LogP contribution is -2.63. The molecule has 38 atom stereocenters. The second-order valence-corrected chi connectivity index (χ2v) is 38.6. The molecule has 35 heteroatoms. The van der Waals surface area contributed by atoms with Gasteiger partial charge in [0, 0.05) is 102 Å². The molecule has 0 aliphatic carbocycles. The number of fused-ring (bicyclic) bond motifs is 2. The summed E-state index contributed by atoms with van der Waals surface area (Å²) in [5, 5.41) is 50.6. The van der Waals surface area contributed by atoms with Crippen molar-refractivity contribution in [3.05, 3.63) is 35.9 Å². The third-order valence-electron chi connectivity index (χ3n) is 27.4. The van der Waals surface area contributed by atoms with Crippen molar-refractivity contribution in [2.45, 2.75) is 391 Å². The number of cyclic esters (lactones) is 2. The first kappa shape index (κ1) is 107. The molecule has 7 heterocycles. The van der Waals surface area contributed by atoms with Crippen LogP contribution in [0.15, 0.2) is 30.3 Å². The Morgan fingerprint density at radius 2 is 0.897 bits per heavy atom. The van der Waals surface area contributed by atoms with E-state index >= 15 is 0 Å². The van der Waals surface area contributed by atoms with Gasteiger partial charge in [-0.3, -0.25) is 38.4 Å². The van der Waals surface area contributed by atoms with Gasteiger partial charge in [-0.05, 0) is 174 Å². The van der Waals surface area contributed by atoms with Crippen molar-refractivity contribution < 1.29 is 149 Å². The second kappa shape index (κ2) is 44.5. The van der Waals surface area contributed by atoms with Gasteiger partial charge in [0.05, 0.1) is 84.0 Å². The van der Waals surface area contributed by atoms with Crippen LogP contribution < -0.4 is 0 Å². The SMILES string of the molecule is CC[C@H]1OC(=O)[C@H](C)[C@@H](OC2C[C@@](C)(OC)[C@@H](OC(C)=O)[C@H](C)O2)[C@H](C)[C@@H](OC2O[C@H](C)C[C@H](N(C)C)[C@H]2OC(C)=O)[C@@](C)(O)C[C@@H](C)C2OC(=S)OC([C@H]2C)[C@]1(C)O.CC[C@H]1OC(=O)[C@H](C)[C@@H](OC2C[C@@](C)(OC)[C@@H](OC=O)[C@H](C)O2)[C@H](C)[C@@H](OC2O[C@H](C)C[C@H](N(C)C)[C@H]2OC(C)=O)[C@@](C)(O)C[C@@H](C)[C@@H](N(C)C(=O)c2ccccc2)[C@H](C)[C@@H](OC=O)[C@]1(C)O. The predicted molar refractivity (Wildman–Crippen MR) is 460 cm³/mol. The summed E-state index contributed by atoms with van der Waals surface area (Å²) in [4.78, 5) is 110. The van der Waals surface area contributed by atoms with Crippen LogP contribution in [0.4, 0.5) is 0 Å². The third kappa shape index (κ3) is 25.1. The van der Waals surface area contributed by atoms with Crippen LogP contribution in [-0.2, 0) is 124 Å². The normalized spacial score (nSPS) is 43.6. The van der Waals surface area contributed by atoms with E-state index in [2.05, 4.69) is 0 Å². The Kier molecular flexibility index (Phi) is 37.8. The molecule has 1 aromatic carbocycles. The van der Waals surface area contributed by atoms with Crippen LogP contribution in [0, 0.1) is 47.3 Å². The highest BCUT2D eigenvalue weighted by Crippen LogP contribution is 2.48. The van der Waals surface area contributed by atoms with Crippen LogP contribution in [-0.4, -0.2) is 319 Å². The number of carbonyl (C=O) groups is 8. The van der Waals surface area contributed by atoms with E-state index in [4.69, 9.17) is 102 Å². The minimum absolute atomic E-state index is 0.0386. The maximum atomic E-state index is 14.7. The molecule has 0 radical (unpaired) electrons. The minimum atomic E-state index is -2.02. The molecule has 7 aliphatic heterocycles. The molecule has 0 aromatic heterocycles. The Bertz CT molecular complexity index is 3750. The van der Waals surface area contributed by atoms with Crippen LogP contribution in [0.3, 0.4) is 0 Å². The fourth-order valence-electron chi connectivity index (χ4n) is 21.1. The second-order valence-electron chi connectivity index (χ2n) is 38.3. The first-order chi connectivity index (χ1) is 58.6. The maximum absolute atomic E-state index is 14.7. The highest BCUT2D eigenvalue weighted by Gasteiger charge is 2.61. The zero-order chi connectivity index (χ0) is 94.9. The molecule has 6 unspecified atom stereocenters. The number of nitrogens with zero attached hydrogens (tertiary/aromatic N) is 3. The largest absolute Gasteiger partial charge is 0.461 e. The standard InChI is InChI=1S/C49H78N2O16.C42H71NO15S/c1-16-36-49(11,58)42(60-25-52)29(4)38(51(14)44(55)34-20-18-17-19-21-34)27(2)23-47(9,57)41(67-46-40(64-33(8)54)35(50(12)13)22-28(3)62-46)30(5)39(31(6)45(56)65-36)66-37-24-48(10,59-15)43(61-26-53)32(7)63-37;1-16-29-42(12,48)35-22(4)31(56-39(59)58-35)20(2)18-40(10,47)34(57-38-33(52-26(8)44)28(43(13)14)17-21(3)50-38)23(5)32(24(6)37(46)54-29)55-30-19-41(11,49-15)36(25(7)51-30)53-27(9)45/h17-21,25-32,35-43,46,57-58H,16,22-24H2,1-15H3;20-25,28-36,38,47-48H,16-19H2,1-15H3/t27-,28-,29+,30+,31-,32+,35+,36-,37?,38-,39+,40-,41-,42-,43+,46?,47+,48-,49-;20-,21-,22+,23+,24-,25+,28+,29-,30?,31?,32+,33-,34-,35?,36+,38?,40+,41-,42-/m11/s1. The number of esters is 5. The summed E-state index contributed by atoms with van der Waals surface area (Å²) in [5.74, 6) is -9.80. The monoisotopic (exact) mass is 1810 g/mol. The number of aliphatic hydroxyl groups is 4. The Balaban J connectivity index is 0.000000348. The van der Waals surface area contributed by atoms with Crippen LogP contribution in [0.25, 0.3) is 0 Å². The molecule has 4 N–H and O–H groups in total. The van der Waals surface area contributed by atoms with E-state index in [-0.39, 0.29) is 80.4 Å². The summed E-state index contributed by atoms with van der Waals surface area (Å²) in [6.07, 6.45) is -18.4. The molecule has 0 saturated carbocycles. The quantitative estimate of drug-likeness (QED) is 0.0346. The summed E-state index contributed by atoms with van der Waals surface area (Å²) < 4.78 is 118. The van der Waals surface area contributed by atoms with E-state index < -0.39 is 234 Å². The average Bonchev–Trinajstić information content (AvgIpc) is 0.761. The Morgan fingerprint density at radius 1 is 0.492 bits per heavy atom. The number of carbonyl (C=O) groups excluding carboxylic acids is 8. The number of amides is 1. The predicted octanol–water partition coefficient (Wildman–Crippen LogP) is 8.36. The zero-order valence-electron chi connectivity index (χ0n) is 79.7. The van der Waals surface area contributed by atoms with Crippen molar-refractivity contribution in [2.75, 3.05) is 49.5 Å². The number of thiocarbonyl (C=S) groups is 1. The van der Waals surface area contributed by atoms with E-state index in [1.54, 1.807) is 134 Å². The number of benzene rings is 1. The van der Waals surface area contributed by atoms with Gasteiger partial charge in [0.2, 0.25) is 0 Å². The van der Waals surface area contributed by atoms with Crippen molar-refractivity contribution in [3.8, 4) is 0 Å². The first-order valence-electron chi connectivity index (χ1n) is 44.4. The maximum Gasteiger partial charge on any atom is 0.352 e. The summed E-state index contributed by atoms with van der Waals surface area (Å²) in [6, 6.07) is 7.11. The Morgan fingerprint density at radius 3 is 1.30 bits per heavy atom. The number of hydrogen-bond acceptors (Lipinski definition) is 34. The number of ether oxygens (including phenoxy) is 19. The lowest BCUT2D eigenvalue weighted by Gasteiger charge is -2.51. The first-order valence-corrected chi connectivity index (χ1v) is 44.8. The van der Waals surface area contributed by atoms with Gasteiger partial charge in [0.15, 0.2) is 49.6 Å². The van der Waals surface area contributed by atoms with E-state index in [0.717, 1.165) is 0 Å². The third-order valence-corrected chi connectivity index (χ3v) is 27.6. The summed E-state index contributed by atoms with van der Waals surface area (Å²) >= 11 is 5.45. The fraction of sp³-hybridized carbons (Fsp3) is 0.835. The van der Waals surface area contributed by atoms with E-state index in [1.807, 2.05) is 72.6 Å². The lowest BCUT2D eigenvalue weighted by molar-refractivity contribution is -0.320. The Labute approximate surface area is 750 Å².